The third kappa shape index (κ3) is 3.44. The number of nitrogens with zero attached hydrogens (tertiary/aromatic N) is 2. The quantitative estimate of drug-likeness (QED) is 0.545. The summed E-state index contributed by atoms with van der Waals surface area (Å²) in [5, 5.41) is 13.7. The maximum atomic E-state index is 12.6. The highest BCUT2D eigenvalue weighted by atomic mass is 16.3. The smallest absolute Gasteiger partial charge is 0.240 e. The maximum Gasteiger partial charge on any atom is 0.240 e. The summed E-state index contributed by atoms with van der Waals surface area (Å²) in [4.78, 5) is 27.5. The number of carbonyl (C=O) groups excluding carboxylic acids is 2. The number of unbranched alkanes of at least 4 members (excludes halogenated alkanes) is 1. The van der Waals surface area contributed by atoms with Gasteiger partial charge < -0.3 is 20.1 Å². The number of nitrogens with one attached hydrogen (secondary N) is 1. The molecule has 3 aliphatic rings. The minimum Gasteiger partial charge on any atom is -0.391 e. The summed E-state index contributed by atoms with van der Waals surface area (Å²) in [5.41, 5.74) is 0.171. The van der Waals surface area contributed by atoms with E-state index >= 15 is 0 Å². The molecule has 1 aliphatic carbocycles. The van der Waals surface area contributed by atoms with Crippen molar-refractivity contribution in [1.29, 1.82) is 0 Å². The molecule has 6 heteroatoms. The van der Waals surface area contributed by atoms with Gasteiger partial charge in [0.2, 0.25) is 5.91 Å². The summed E-state index contributed by atoms with van der Waals surface area (Å²) in [6.45, 7) is 5.00. The molecule has 3 fully saturated rings. The van der Waals surface area contributed by atoms with Crippen LogP contribution in [0.3, 0.4) is 0 Å². The minimum atomic E-state index is -0.278. The molecule has 1 amide bonds. The van der Waals surface area contributed by atoms with Crippen molar-refractivity contribution in [2.75, 3.05) is 26.2 Å². The van der Waals surface area contributed by atoms with E-state index in [0.717, 1.165) is 51.5 Å². The number of hydrogen-bond donors (Lipinski definition) is 2. The van der Waals surface area contributed by atoms with Gasteiger partial charge in [-0.3, -0.25) is 9.69 Å². The Morgan fingerprint density at radius 2 is 2.17 bits per heavy atom. The van der Waals surface area contributed by atoms with E-state index in [-0.39, 0.29) is 29.6 Å². The second-order valence-corrected chi connectivity index (χ2v) is 7.41. The molecule has 2 saturated heterocycles. The molecule has 3 atom stereocenters. The van der Waals surface area contributed by atoms with E-state index in [1.54, 1.807) is 0 Å². The summed E-state index contributed by atoms with van der Waals surface area (Å²) >= 11 is 0. The summed E-state index contributed by atoms with van der Waals surface area (Å²) < 4.78 is 0. The Morgan fingerprint density at radius 3 is 2.83 bits per heavy atom. The molecule has 6 nitrogen and oxygen atoms in total. The molecule has 0 unspecified atom stereocenters. The lowest BCUT2D eigenvalue weighted by molar-refractivity contribution is -0.145. The average molecular weight is 323 g/mol. The highest BCUT2D eigenvalue weighted by Gasteiger charge is 2.52. The molecule has 2 aliphatic heterocycles. The fourth-order valence-corrected chi connectivity index (χ4v) is 4.12. The first-order chi connectivity index (χ1) is 11.1. The Kier molecular flexibility index (Phi) is 5.04. The van der Waals surface area contributed by atoms with Crippen LogP contribution in [0, 0.1) is 5.41 Å². The molecule has 130 valence electrons. The van der Waals surface area contributed by atoms with Crippen LogP contribution in [0.5, 0.6) is 0 Å². The predicted octanol–water partition coefficient (Wildman–Crippen LogP) is 0.349. The highest BCUT2D eigenvalue weighted by molar-refractivity contribution is 5.82. The fraction of sp³-hybridized carbons (Fsp3) is 0.882. The van der Waals surface area contributed by atoms with Crippen molar-refractivity contribution in [3.05, 3.63) is 0 Å². The Bertz CT molecular complexity index is 452. The van der Waals surface area contributed by atoms with E-state index < -0.39 is 0 Å². The third-order valence-electron chi connectivity index (χ3n) is 5.93. The second-order valence-electron chi connectivity index (χ2n) is 7.41. The number of piperidine rings is 1. The summed E-state index contributed by atoms with van der Waals surface area (Å²) in [6, 6.07) is -0.151. The minimum absolute atomic E-state index is 0.0118. The van der Waals surface area contributed by atoms with Crippen LogP contribution in [0.25, 0.3) is 0 Å². The van der Waals surface area contributed by atoms with Crippen molar-refractivity contribution < 1.29 is 14.7 Å². The Hall–Kier alpha value is -0.980. The van der Waals surface area contributed by atoms with E-state index in [0.29, 0.717) is 19.5 Å². The van der Waals surface area contributed by atoms with Gasteiger partial charge in [0, 0.05) is 32.6 Å². The molecule has 0 radical (unpaired) electrons. The van der Waals surface area contributed by atoms with Crippen LogP contribution >= 0.6 is 0 Å². The first kappa shape index (κ1) is 16.9. The number of amides is 1. The van der Waals surface area contributed by atoms with Crippen molar-refractivity contribution in [1.82, 2.24) is 15.1 Å². The zero-order chi connectivity index (χ0) is 16.4. The van der Waals surface area contributed by atoms with Gasteiger partial charge in [-0.15, -0.1) is 0 Å². The van der Waals surface area contributed by atoms with Crippen LogP contribution in [0.4, 0.5) is 0 Å². The maximum absolute atomic E-state index is 12.6. The van der Waals surface area contributed by atoms with E-state index in [1.807, 2.05) is 11.8 Å². The van der Waals surface area contributed by atoms with Gasteiger partial charge in [0.25, 0.3) is 0 Å². The first-order valence-corrected chi connectivity index (χ1v) is 8.97. The Balaban J connectivity index is 1.69. The standard InChI is InChI=1S/C17H29N3O3/c1-13-16(23)20(10-8-18-13)15(4-2-3-11-21)19-9-7-17(5-6-17)14(22)12-19/h11,13-15,18,22H,2-10,12H2,1H3/t13-,14+,15-/m0/s1. The Labute approximate surface area is 138 Å². The number of β-amino-alcohol motifs (C(OH)–C–C–N with tert-alkyl or cyclic N) is 1. The fourth-order valence-electron chi connectivity index (χ4n) is 4.12. The highest BCUT2D eigenvalue weighted by Crippen LogP contribution is 2.54. The second kappa shape index (κ2) is 6.87. The van der Waals surface area contributed by atoms with E-state index in [9.17, 15) is 14.7 Å². The lowest BCUT2D eigenvalue weighted by Gasteiger charge is -2.47. The van der Waals surface area contributed by atoms with Gasteiger partial charge in [-0.25, -0.2) is 0 Å². The summed E-state index contributed by atoms with van der Waals surface area (Å²) in [7, 11) is 0. The number of likely N-dealkylation sites (tertiary alicyclic amines) is 1. The number of aliphatic hydroxyl groups excluding tert-OH is 1. The molecule has 2 N–H and O–H groups in total. The van der Waals surface area contributed by atoms with E-state index in [4.69, 9.17) is 0 Å². The van der Waals surface area contributed by atoms with Gasteiger partial charge in [-0.05, 0) is 44.4 Å². The topological polar surface area (TPSA) is 72.9 Å². The molecule has 0 aromatic rings. The molecule has 0 aromatic heterocycles. The predicted molar refractivity (Wildman–Crippen MR) is 86.7 cm³/mol. The lowest BCUT2D eigenvalue weighted by atomic mass is 9.90. The molecule has 2 heterocycles. The van der Waals surface area contributed by atoms with Crippen molar-refractivity contribution in [2.45, 2.75) is 63.8 Å². The van der Waals surface area contributed by atoms with Gasteiger partial charge in [-0.1, -0.05) is 0 Å². The molecule has 23 heavy (non-hydrogen) atoms. The number of hydrogen-bond acceptors (Lipinski definition) is 5. The number of carbonyl (C=O) groups is 2. The van der Waals surface area contributed by atoms with Crippen molar-refractivity contribution >= 4 is 12.2 Å². The lowest BCUT2D eigenvalue weighted by Crippen LogP contribution is -2.63. The SMILES string of the molecule is C[C@@H]1NCCN([C@@H](CCCC=O)N2CCC3(CC3)[C@H](O)C2)C1=O. The van der Waals surface area contributed by atoms with Crippen LogP contribution in [-0.2, 0) is 9.59 Å². The van der Waals surface area contributed by atoms with Gasteiger partial charge in [0.1, 0.15) is 6.29 Å². The average Bonchev–Trinajstić information content (AvgIpc) is 3.31. The normalized spacial score (nSPS) is 32.1. The third-order valence-corrected chi connectivity index (χ3v) is 5.93. The molecule has 1 saturated carbocycles. The van der Waals surface area contributed by atoms with E-state index in [1.165, 1.54) is 0 Å². The summed E-state index contributed by atoms with van der Waals surface area (Å²) in [5.74, 6) is 0.133. The van der Waals surface area contributed by atoms with Crippen LogP contribution in [0.15, 0.2) is 0 Å². The van der Waals surface area contributed by atoms with Crippen LogP contribution in [0.2, 0.25) is 0 Å². The molecule has 0 aromatic carbocycles. The van der Waals surface area contributed by atoms with Gasteiger partial charge >= 0.3 is 0 Å². The first-order valence-electron chi connectivity index (χ1n) is 8.97. The van der Waals surface area contributed by atoms with Crippen LogP contribution in [-0.4, -0.2) is 71.6 Å². The molecular weight excluding hydrogens is 294 g/mol. The molecule has 0 bridgehead atoms. The molecule has 1 spiro atoms. The van der Waals surface area contributed by atoms with Gasteiger partial charge in [0.15, 0.2) is 0 Å². The summed E-state index contributed by atoms with van der Waals surface area (Å²) in [6.07, 6.45) is 6.11. The van der Waals surface area contributed by atoms with E-state index in [2.05, 4.69) is 10.2 Å². The monoisotopic (exact) mass is 323 g/mol. The molecule has 3 rings (SSSR count). The van der Waals surface area contributed by atoms with Gasteiger partial charge in [-0.2, -0.15) is 0 Å². The van der Waals surface area contributed by atoms with Gasteiger partial charge in [0.05, 0.1) is 18.3 Å². The zero-order valence-electron chi connectivity index (χ0n) is 14.0. The number of aldehydes is 1. The van der Waals surface area contributed by atoms with Crippen LogP contribution < -0.4 is 5.32 Å². The zero-order valence-corrected chi connectivity index (χ0v) is 14.0. The Morgan fingerprint density at radius 1 is 1.39 bits per heavy atom. The molecular formula is C17H29N3O3. The number of rotatable bonds is 6. The number of aliphatic hydroxyl groups is 1. The van der Waals surface area contributed by atoms with Crippen molar-refractivity contribution in [2.24, 2.45) is 5.41 Å². The largest absolute Gasteiger partial charge is 0.391 e. The van der Waals surface area contributed by atoms with Crippen molar-refractivity contribution in [3.8, 4) is 0 Å². The number of piperazine rings is 1. The van der Waals surface area contributed by atoms with Crippen molar-refractivity contribution in [3.63, 3.8) is 0 Å². The van der Waals surface area contributed by atoms with Crippen LogP contribution in [0.1, 0.15) is 45.4 Å².